The van der Waals surface area contributed by atoms with E-state index in [0.29, 0.717) is 11.6 Å². The number of aliphatic hydroxyl groups is 1. The highest BCUT2D eigenvalue weighted by Crippen LogP contribution is 2.30. The molecule has 0 aliphatic heterocycles. The van der Waals surface area contributed by atoms with Gasteiger partial charge in [0.1, 0.15) is 0 Å². The Bertz CT molecular complexity index is 715. The fourth-order valence-corrected chi connectivity index (χ4v) is 3.62. The van der Waals surface area contributed by atoms with Gasteiger partial charge in [-0.05, 0) is 37.3 Å². The first-order valence-electron chi connectivity index (χ1n) is 9.18. The number of aromatic nitrogens is 2. The minimum absolute atomic E-state index is 0.132. The fraction of sp³-hybridized carbons (Fsp3) is 0.500. The van der Waals surface area contributed by atoms with E-state index in [1.807, 2.05) is 35.9 Å². The second kappa shape index (κ2) is 7.83. The molecule has 0 spiro atoms. The van der Waals surface area contributed by atoms with Gasteiger partial charge >= 0.3 is 0 Å². The molecule has 1 aromatic carbocycles. The van der Waals surface area contributed by atoms with E-state index >= 15 is 0 Å². The van der Waals surface area contributed by atoms with Gasteiger partial charge in [0.25, 0.3) is 5.91 Å². The Kier molecular flexibility index (Phi) is 5.53. The largest absolute Gasteiger partial charge is 0.394 e. The molecule has 1 saturated carbocycles. The Hall–Kier alpha value is -2.14. The van der Waals surface area contributed by atoms with Crippen LogP contribution in [0.4, 0.5) is 0 Å². The third-order valence-corrected chi connectivity index (χ3v) is 5.24. The number of nitrogens with zero attached hydrogens (tertiary/aromatic N) is 2. The maximum absolute atomic E-state index is 12.7. The molecule has 1 fully saturated rings. The molecule has 134 valence electrons. The van der Waals surface area contributed by atoms with Crippen LogP contribution in [-0.4, -0.2) is 27.4 Å². The van der Waals surface area contributed by atoms with Gasteiger partial charge in [0.05, 0.1) is 30.5 Å². The van der Waals surface area contributed by atoms with Crippen LogP contribution in [0.5, 0.6) is 0 Å². The Morgan fingerprint density at radius 3 is 2.60 bits per heavy atom. The summed E-state index contributed by atoms with van der Waals surface area (Å²) in [6, 6.07) is 8.01. The molecular formula is C20H27N3O2. The monoisotopic (exact) mass is 341 g/mol. The predicted molar refractivity (Wildman–Crippen MR) is 97.6 cm³/mol. The zero-order valence-electron chi connectivity index (χ0n) is 15.0. The van der Waals surface area contributed by atoms with E-state index < -0.39 is 6.04 Å². The molecule has 2 N–H and O–H groups in total. The Balaban J connectivity index is 1.73. The Morgan fingerprint density at radius 1 is 1.32 bits per heavy atom. The number of hydrogen-bond acceptors (Lipinski definition) is 3. The summed E-state index contributed by atoms with van der Waals surface area (Å²) in [6.45, 7) is 3.92. The number of nitrogens with one attached hydrogen (secondary N) is 1. The maximum Gasteiger partial charge on any atom is 0.255 e. The van der Waals surface area contributed by atoms with Gasteiger partial charge in [0.2, 0.25) is 0 Å². The Labute approximate surface area is 149 Å². The SMILES string of the molecule is CCc1ccc(C(CO)NC(=O)c2cnn(C3CCCC3)c2C)cc1. The van der Waals surface area contributed by atoms with Crippen LogP contribution in [0.3, 0.4) is 0 Å². The van der Waals surface area contributed by atoms with Gasteiger partial charge in [0, 0.05) is 5.69 Å². The van der Waals surface area contributed by atoms with Crippen molar-refractivity contribution < 1.29 is 9.90 Å². The lowest BCUT2D eigenvalue weighted by molar-refractivity contribution is 0.0915. The van der Waals surface area contributed by atoms with Gasteiger partial charge in [-0.2, -0.15) is 5.10 Å². The van der Waals surface area contributed by atoms with Crippen LogP contribution in [-0.2, 0) is 6.42 Å². The third kappa shape index (κ3) is 3.76. The van der Waals surface area contributed by atoms with Crippen molar-refractivity contribution >= 4 is 5.91 Å². The molecule has 1 heterocycles. The van der Waals surface area contributed by atoms with Crippen molar-refractivity contribution in [3.8, 4) is 0 Å². The lowest BCUT2D eigenvalue weighted by Crippen LogP contribution is -2.31. The van der Waals surface area contributed by atoms with Crippen molar-refractivity contribution in [2.24, 2.45) is 0 Å². The number of hydrogen-bond donors (Lipinski definition) is 2. The zero-order chi connectivity index (χ0) is 17.8. The van der Waals surface area contributed by atoms with Crippen molar-refractivity contribution in [2.45, 2.75) is 58.0 Å². The molecule has 25 heavy (non-hydrogen) atoms. The van der Waals surface area contributed by atoms with E-state index in [1.165, 1.54) is 18.4 Å². The third-order valence-electron chi connectivity index (χ3n) is 5.24. The molecular weight excluding hydrogens is 314 g/mol. The minimum atomic E-state index is -0.410. The topological polar surface area (TPSA) is 67.2 Å². The summed E-state index contributed by atoms with van der Waals surface area (Å²) in [5.74, 6) is -0.180. The van der Waals surface area contributed by atoms with E-state index in [9.17, 15) is 9.90 Å². The van der Waals surface area contributed by atoms with Crippen molar-refractivity contribution in [3.05, 3.63) is 52.8 Å². The van der Waals surface area contributed by atoms with Crippen LogP contribution < -0.4 is 5.32 Å². The first kappa shape index (κ1) is 17.7. The quantitative estimate of drug-likeness (QED) is 0.847. The van der Waals surface area contributed by atoms with Crippen LogP contribution in [0.15, 0.2) is 30.5 Å². The van der Waals surface area contributed by atoms with Crippen molar-refractivity contribution in [1.29, 1.82) is 0 Å². The van der Waals surface area contributed by atoms with E-state index in [-0.39, 0.29) is 12.5 Å². The Morgan fingerprint density at radius 2 is 2.00 bits per heavy atom. The molecule has 1 aliphatic rings. The molecule has 0 saturated heterocycles. The molecule has 5 heteroatoms. The molecule has 1 atom stereocenters. The smallest absolute Gasteiger partial charge is 0.255 e. The van der Waals surface area contributed by atoms with Gasteiger partial charge in [-0.25, -0.2) is 0 Å². The summed E-state index contributed by atoms with van der Waals surface area (Å²) in [5, 5.41) is 17.1. The molecule has 1 aromatic heterocycles. The average Bonchev–Trinajstić information content (AvgIpc) is 3.29. The van der Waals surface area contributed by atoms with Crippen LogP contribution in [0.25, 0.3) is 0 Å². The standard InChI is InChI=1S/C20H27N3O2/c1-3-15-8-10-16(11-9-15)19(13-24)22-20(25)18-12-21-23(14(18)2)17-6-4-5-7-17/h8-12,17,19,24H,3-7,13H2,1-2H3,(H,22,25). The maximum atomic E-state index is 12.7. The summed E-state index contributed by atoms with van der Waals surface area (Å²) >= 11 is 0. The van der Waals surface area contributed by atoms with E-state index in [4.69, 9.17) is 0 Å². The van der Waals surface area contributed by atoms with Gasteiger partial charge in [-0.15, -0.1) is 0 Å². The van der Waals surface area contributed by atoms with Gasteiger partial charge < -0.3 is 10.4 Å². The first-order chi connectivity index (χ1) is 12.1. The predicted octanol–water partition coefficient (Wildman–Crippen LogP) is 3.33. The molecule has 2 aromatic rings. The van der Waals surface area contributed by atoms with Gasteiger partial charge in [0.15, 0.2) is 0 Å². The van der Waals surface area contributed by atoms with Crippen LogP contribution >= 0.6 is 0 Å². The number of benzene rings is 1. The molecule has 0 bridgehead atoms. The molecule has 1 unspecified atom stereocenters. The van der Waals surface area contributed by atoms with Crippen LogP contribution in [0.1, 0.15) is 71.9 Å². The number of rotatable bonds is 6. The summed E-state index contributed by atoms with van der Waals surface area (Å²) in [7, 11) is 0. The van der Waals surface area contributed by atoms with Crippen molar-refractivity contribution in [3.63, 3.8) is 0 Å². The molecule has 5 nitrogen and oxygen atoms in total. The summed E-state index contributed by atoms with van der Waals surface area (Å²) in [4.78, 5) is 12.7. The second-order valence-corrected chi connectivity index (χ2v) is 6.83. The van der Waals surface area contributed by atoms with E-state index in [1.54, 1.807) is 6.20 Å². The van der Waals surface area contributed by atoms with Crippen LogP contribution in [0, 0.1) is 6.92 Å². The highest BCUT2D eigenvalue weighted by atomic mass is 16.3. The second-order valence-electron chi connectivity index (χ2n) is 6.83. The highest BCUT2D eigenvalue weighted by molar-refractivity contribution is 5.95. The van der Waals surface area contributed by atoms with Gasteiger partial charge in [-0.3, -0.25) is 9.48 Å². The summed E-state index contributed by atoms with van der Waals surface area (Å²) in [5.41, 5.74) is 3.65. The number of amides is 1. The summed E-state index contributed by atoms with van der Waals surface area (Å²) in [6.07, 6.45) is 7.34. The summed E-state index contributed by atoms with van der Waals surface area (Å²) < 4.78 is 1.99. The number of aliphatic hydroxyl groups excluding tert-OH is 1. The van der Waals surface area contributed by atoms with Crippen LogP contribution in [0.2, 0.25) is 0 Å². The number of carbonyl (C=O) groups excluding carboxylic acids is 1. The zero-order valence-corrected chi connectivity index (χ0v) is 15.0. The van der Waals surface area contributed by atoms with Crippen molar-refractivity contribution in [1.82, 2.24) is 15.1 Å². The average molecular weight is 341 g/mol. The molecule has 1 aliphatic carbocycles. The van der Waals surface area contributed by atoms with Gasteiger partial charge in [-0.1, -0.05) is 44.0 Å². The normalized spacial score (nSPS) is 16.1. The number of aryl methyl sites for hydroxylation is 1. The fourth-order valence-electron chi connectivity index (χ4n) is 3.62. The lowest BCUT2D eigenvalue weighted by Gasteiger charge is -2.17. The number of carbonyl (C=O) groups is 1. The van der Waals surface area contributed by atoms with E-state index in [2.05, 4.69) is 17.3 Å². The molecule has 1 amide bonds. The molecule has 0 radical (unpaired) electrons. The minimum Gasteiger partial charge on any atom is -0.394 e. The van der Waals surface area contributed by atoms with E-state index in [0.717, 1.165) is 30.5 Å². The lowest BCUT2D eigenvalue weighted by atomic mass is 10.0. The highest BCUT2D eigenvalue weighted by Gasteiger charge is 2.23. The first-order valence-corrected chi connectivity index (χ1v) is 9.18. The van der Waals surface area contributed by atoms with Crippen molar-refractivity contribution in [2.75, 3.05) is 6.61 Å². The molecule has 3 rings (SSSR count).